The molecule has 1 amide bonds. The van der Waals surface area contributed by atoms with Crippen LogP contribution >= 0.6 is 0 Å². The average molecular weight is 374 g/mol. The molecule has 1 saturated heterocycles. The van der Waals surface area contributed by atoms with Crippen LogP contribution in [0.5, 0.6) is 0 Å². The summed E-state index contributed by atoms with van der Waals surface area (Å²) >= 11 is 0. The number of nitrogens with one attached hydrogen (secondary N) is 1. The molecule has 1 aliphatic rings. The highest BCUT2D eigenvalue weighted by Crippen LogP contribution is 2.24. The van der Waals surface area contributed by atoms with Crippen LogP contribution in [0.15, 0.2) is 48.5 Å². The van der Waals surface area contributed by atoms with Gasteiger partial charge < -0.3 is 15.1 Å². The molecule has 0 saturated carbocycles. The molecule has 28 heavy (non-hydrogen) atoms. The summed E-state index contributed by atoms with van der Waals surface area (Å²) in [5.74, 6) is -0.173. The quantitative estimate of drug-likeness (QED) is 0.812. The number of rotatable bonds is 5. The summed E-state index contributed by atoms with van der Waals surface area (Å²) in [6.45, 7) is 9.65. The van der Waals surface area contributed by atoms with E-state index in [9.17, 15) is 4.79 Å². The van der Waals surface area contributed by atoms with E-state index in [1.54, 1.807) is 18.2 Å². The Morgan fingerprint density at radius 1 is 1.14 bits per heavy atom. The maximum Gasteiger partial charge on any atom is 0.248 e. The highest BCUT2D eigenvalue weighted by molar-refractivity contribution is 6.02. The normalized spacial score (nSPS) is 14.8. The Labute approximate surface area is 166 Å². The van der Waals surface area contributed by atoms with Gasteiger partial charge in [0, 0.05) is 43.6 Å². The largest absolute Gasteiger partial charge is 0.369 e. The molecule has 2 aromatic carbocycles. The van der Waals surface area contributed by atoms with Crippen LogP contribution in [-0.2, 0) is 4.79 Å². The van der Waals surface area contributed by atoms with E-state index >= 15 is 0 Å². The first-order valence-corrected chi connectivity index (χ1v) is 9.66. The van der Waals surface area contributed by atoms with Crippen LogP contribution in [0.3, 0.4) is 0 Å². The summed E-state index contributed by atoms with van der Waals surface area (Å²) in [4.78, 5) is 17.1. The molecule has 1 fully saturated rings. The fourth-order valence-electron chi connectivity index (χ4n) is 3.42. The Hall–Kier alpha value is -3.10. The summed E-state index contributed by atoms with van der Waals surface area (Å²) in [6, 6.07) is 15.3. The predicted octanol–water partition coefficient (Wildman–Crippen LogP) is 3.66. The van der Waals surface area contributed by atoms with Gasteiger partial charge in [-0.05, 0) is 61.0 Å². The van der Waals surface area contributed by atoms with E-state index < -0.39 is 0 Å². The molecule has 0 unspecified atom stereocenters. The lowest BCUT2D eigenvalue weighted by Crippen LogP contribution is -2.46. The van der Waals surface area contributed by atoms with Gasteiger partial charge >= 0.3 is 0 Å². The van der Waals surface area contributed by atoms with Gasteiger partial charge in [-0.25, -0.2) is 0 Å². The number of hydrogen-bond acceptors (Lipinski definition) is 4. The third-order valence-corrected chi connectivity index (χ3v) is 5.09. The minimum absolute atomic E-state index is 0.173. The Bertz CT molecular complexity index is 888. The second-order valence-electron chi connectivity index (χ2n) is 6.98. The van der Waals surface area contributed by atoms with Crippen molar-refractivity contribution in [3.63, 3.8) is 0 Å². The van der Waals surface area contributed by atoms with Crippen molar-refractivity contribution in [3.05, 3.63) is 65.2 Å². The Kier molecular flexibility index (Phi) is 6.46. The molecule has 0 bridgehead atoms. The number of carbonyl (C=O) groups is 1. The molecule has 1 N–H and O–H groups in total. The number of anilines is 2. The van der Waals surface area contributed by atoms with Crippen molar-refractivity contribution in [3.8, 4) is 6.07 Å². The average Bonchev–Trinajstić information content (AvgIpc) is 2.73. The van der Waals surface area contributed by atoms with E-state index in [-0.39, 0.29) is 5.91 Å². The molecular weight excluding hydrogens is 348 g/mol. The van der Waals surface area contributed by atoms with Gasteiger partial charge in [-0.3, -0.25) is 4.79 Å². The maximum absolute atomic E-state index is 12.2. The van der Waals surface area contributed by atoms with Crippen LogP contribution < -0.4 is 10.2 Å². The first kappa shape index (κ1) is 19.7. The number of hydrogen-bond donors (Lipinski definition) is 1. The van der Waals surface area contributed by atoms with Gasteiger partial charge in [0.25, 0.3) is 0 Å². The summed E-state index contributed by atoms with van der Waals surface area (Å²) in [5.41, 5.74) is 4.68. The first-order valence-electron chi connectivity index (χ1n) is 9.66. The fourth-order valence-corrected chi connectivity index (χ4v) is 3.42. The second-order valence-corrected chi connectivity index (χ2v) is 6.98. The van der Waals surface area contributed by atoms with Crippen molar-refractivity contribution in [2.45, 2.75) is 13.8 Å². The zero-order chi connectivity index (χ0) is 19.9. The third kappa shape index (κ3) is 4.99. The van der Waals surface area contributed by atoms with Crippen molar-refractivity contribution in [1.82, 2.24) is 4.90 Å². The topological polar surface area (TPSA) is 59.4 Å². The van der Waals surface area contributed by atoms with Crippen LogP contribution in [0.1, 0.15) is 23.6 Å². The summed E-state index contributed by atoms with van der Waals surface area (Å²) in [7, 11) is 0. The number of piperazine rings is 1. The minimum Gasteiger partial charge on any atom is -0.369 e. The van der Waals surface area contributed by atoms with Gasteiger partial charge in [0.05, 0.1) is 11.6 Å². The smallest absolute Gasteiger partial charge is 0.248 e. The highest BCUT2D eigenvalue weighted by atomic mass is 16.1. The van der Waals surface area contributed by atoms with Gasteiger partial charge in [-0.15, -0.1) is 0 Å². The summed E-state index contributed by atoms with van der Waals surface area (Å²) in [5, 5.41) is 11.7. The molecule has 3 rings (SSSR count). The lowest BCUT2D eigenvalue weighted by molar-refractivity contribution is -0.111. The molecule has 0 radical (unpaired) electrons. The Morgan fingerprint density at radius 3 is 2.46 bits per heavy atom. The third-order valence-electron chi connectivity index (χ3n) is 5.09. The lowest BCUT2D eigenvalue weighted by atomic mass is 10.1. The molecule has 2 aromatic rings. The molecule has 0 aliphatic carbocycles. The molecule has 0 spiro atoms. The van der Waals surface area contributed by atoms with Gasteiger partial charge in [-0.1, -0.05) is 19.1 Å². The zero-order valence-electron chi connectivity index (χ0n) is 16.5. The van der Waals surface area contributed by atoms with Crippen molar-refractivity contribution in [1.29, 1.82) is 5.26 Å². The maximum atomic E-state index is 12.2. The van der Waals surface area contributed by atoms with Gasteiger partial charge in [0.2, 0.25) is 5.91 Å². The number of amides is 1. The predicted molar refractivity (Wildman–Crippen MR) is 114 cm³/mol. The van der Waals surface area contributed by atoms with E-state index in [1.807, 2.05) is 24.3 Å². The van der Waals surface area contributed by atoms with E-state index in [0.29, 0.717) is 5.56 Å². The molecule has 0 atom stereocenters. The van der Waals surface area contributed by atoms with Gasteiger partial charge in [-0.2, -0.15) is 5.26 Å². The van der Waals surface area contributed by atoms with Crippen LogP contribution in [0.4, 0.5) is 11.4 Å². The lowest BCUT2D eigenvalue weighted by Gasteiger charge is -2.36. The summed E-state index contributed by atoms with van der Waals surface area (Å²) in [6.07, 6.45) is 3.25. The number of nitriles is 1. The number of benzene rings is 2. The fraction of sp³-hybridized carbons (Fsp3) is 0.304. The van der Waals surface area contributed by atoms with E-state index in [2.05, 4.69) is 41.1 Å². The number of nitrogens with zero attached hydrogens (tertiary/aromatic N) is 3. The highest BCUT2D eigenvalue weighted by Gasteiger charge is 2.17. The van der Waals surface area contributed by atoms with Crippen molar-refractivity contribution in [2.75, 3.05) is 42.9 Å². The molecule has 1 heterocycles. The van der Waals surface area contributed by atoms with E-state index in [0.717, 1.165) is 44.0 Å². The van der Waals surface area contributed by atoms with Crippen molar-refractivity contribution < 1.29 is 4.79 Å². The monoisotopic (exact) mass is 374 g/mol. The molecular formula is C23H26N4O. The number of likely N-dealkylation sites (N-methyl/N-ethyl adjacent to an activating group) is 1. The Morgan fingerprint density at radius 2 is 1.86 bits per heavy atom. The molecule has 0 aromatic heterocycles. The summed E-state index contributed by atoms with van der Waals surface area (Å²) < 4.78 is 0. The van der Waals surface area contributed by atoms with Crippen molar-refractivity contribution in [2.24, 2.45) is 0 Å². The molecule has 5 heteroatoms. The zero-order valence-corrected chi connectivity index (χ0v) is 16.5. The van der Waals surface area contributed by atoms with Crippen LogP contribution in [0.25, 0.3) is 6.08 Å². The van der Waals surface area contributed by atoms with Crippen LogP contribution in [0.2, 0.25) is 0 Å². The van der Waals surface area contributed by atoms with E-state index in [4.69, 9.17) is 5.26 Å². The second kappa shape index (κ2) is 9.20. The number of carbonyl (C=O) groups excluding carboxylic acids is 1. The minimum atomic E-state index is -0.173. The SMILES string of the molecule is CCN1CCN(c2ccc(NC(=O)/C=C/c3ccc(C#N)cc3)cc2C)CC1. The molecule has 5 nitrogen and oxygen atoms in total. The van der Waals surface area contributed by atoms with E-state index in [1.165, 1.54) is 17.3 Å². The van der Waals surface area contributed by atoms with Gasteiger partial charge in [0.15, 0.2) is 0 Å². The van der Waals surface area contributed by atoms with Crippen LogP contribution in [0, 0.1) is 18.3 Å². The van der Waals surface area contributed by atoms with Crippen molar-refractivity contribution >= 4 is 23.4 Å². The molecule has 1 aliphatic heterocycles. The standard InChI is InChI=1S/C23H26N4O/c1-3-26-12-14-27(15-13-26)22-10-9-21(16-18(22)2)25-23(28)11-8-19-4-6-20(17-24)7-5-19/h4-11,16H,3,12-15H2,1-2H3,(H,25,28)/b11-8+. The molecule has 144 valence electrons. The first-order chi connectivity index (χ1) is 13.6. The van der Waals surface area contributed by atoms with Gasteiger partial charge in [0.1, 0.15) is 0 Å². The Balaban J connectivity index is 1.60. The number of aryl methyl sites for hydroxylation is 1. The van der Waals surface area contributed by atoms with Crippen LogP contribution in [-0.4, -0.2) is 43.5 Å².